The quantitative estimate of drug-likeness (QED) is 0.829. The van der Waals surface area contributed by atoms with Gasteiger partial charge in [-0.15, -0.1) is 0 Å². The lowest BCUT2D eigenvalue weighted by molar-refractivity contribution is -0.122. The lowest BCUT2D eigenvalue weighted by Gasteiger charge is -2.24. The number of hydrogen-bond acceptors (Lipinski definition) is 3. The standard InChI is InChI=1S/C20H25FN2O2/c1-14(19(24)23-20(2,3)4)22-17-6-5-7-18(12-17)25-13-15-8-10-16(21)11-9-15/h5-12,14,22H,13H2,1-4H3,(H,23,24). The highest BCUT2D eigenvalue weighted by Gasteiger charge is 2.19. The normalized spacial score (nSPS) is 12.4. The summed E-state index contributed by atoms with van der Waals surface area (Å²) in [6.45, 7) is 8.00. The first-order valence-corrected chi connectivity index (χ1v) is 8.29. The zero-order valence-corrected chi connectivity index (χ0v) is 15.1. The molecule has 1 unspecified atom stereocenters. The molecule has 25 heavy (non-hydrogen) atoms. The highest BCUT2D eigenvalue weighted by molar-refractivity contribution is 5.84. The van der Waals surface area contributed by atoms with E-state index in [9.17, 15) is 9.18 Å². The number of carbonyl (C=O) groups excluding carboxylic acids is 1. The Kier molecular flexibility index (Phi) is 6.02. The van der Waals surface area contributed by atoms with Gasteiger partial charge in [0, 0.05) is 17.3 Å². The summed E-state index contributed by atoms with van der Waals surface area (Å²) in [6.07, 6.45) is 0. The van der Waals surface area contributed by atoms with Crippen molar-refractivity contribution in [1.29, 1.82) is 0 Å². The fourth-order valence-corrected chi connectivity index (χ4v) is 2.22. The fraction of sp³-hybridized carbons (Fsp3) is 0.350. The van der Waals surface area contributed by atoms with Crippen LogP contribution in [0.4, 0.5) is 10.1 Å². The van der Waals surface area contributed by atoms with E-state index in [4.69, 9.17) is 4.74 Å². The molecule has 4 nitrogen and oxygen atoms in total. The number of ether oxygens (including phenoxy) is 1. The van der Waals surface area contributed by atoms with Crippen LogP contribution in [0.5, 0.6) is 5.75 Å². The van der Waals surface area contributed by atoms with E-state index in [1.165, 1.54) is 12.1 Å². The Balaban J connectivity index is 1.94. The smallest absolute Gasteiger partial charge is 0.242 e. The van der Waals surface area contributed by atoms with E-state index < -0.39 is 0 Å². The summed E-state index contributed by atoms with van der Waals surface area (Å²) >= 11 is 0. The van der Waals surface area contributed by atoms with Gasteiger partial charge in [-0.3, -0.25) is 4.79 Å². The van der Waals surface area contributed by atoms with Crippen LogP contribution in [0.2, 0.25) is 0 Å². The molecule has 2 rings (SSSR count). The van der Waals surface area contributed by atoms with Gasteiger partial charge >= 0.3 is 0 Å². The van der Waals surface area contributed by atoms with E-state index in [2.05, 4.69) is 10.6 Å². The fourth-order valence-electron chi connectivity index (χ4n) is 2.22. The SMILES string of the molecule is CC(Nc1cccc(OCc2ccc(F)cc2)c1)C(=O)NC(C)(C)C. The van der Waals surface area contributed by atoms with Crippen molar-refractivity contribution in [1.82, 2.24) is 5.32 Å². The number of hydrogen-bond donors (Lipinski definition) is 2. The highest BCUT2D eigenvalue weighted by atomic mass is 19.1. The van der Waals surface area contributed by atoms with Gasteiger partial charge in [-0.25, -0.2) is 4.39 Å². The minimum atomic E-state index is -0.369. The van der Waals surface area contributed by atoms with Gasteiger partial charge in [0.25, 0.3) is 0 Å². The van der Waals surface area contributed by atoms with Gasteiger partial charge in [0.1, 0.15) is 24.2 Å². The van der Waals surface area contributed by atoms with E-state index in [0.29, 0.717) is 12.4 Å². The molecule has 1 atom stereocenters. The van der Waals surface area contributed by atoms with Crippen LogP contribution in [-0.4, -0.2) is 17.5 Å². The van der Waals surface area contributed by atoms with E-state index in [1.54, 1.807) is 12.1 Å². The van der Waals surface area contributed by atoms with Gasteiger partial charge in [-0.05, 0) is 57.5 Å². The topological polar surface area (TPSA) is 50.4 Å². The number of halogens is 1. The van der Waals surface area contributed by atoms with Crippen molar-refractivity contribution < 1.29 is 13.9 Å². The van der Waals surface area contributed by atoms with Gasteiger partial charge in [0.05, 0.1) is 0 Å². The van der Waals surface area contributed by atoms with E-state index >= 15 is 0 Å². The van der Waals surface area contributed by atoms with Crippen LogP contribution in [0.3, 0.4) is 0 Å². The van der Waals surface area contributed by atoms with Crippen LogP contribution in [0, 0.1) is 5.82 Å². The monoisotopic (exact) mass is 344 g/mol. The van der Waals surface area contributed by atoms with Crippen molar-refractivity contribution in [2.24, 2.45) is 0 Å². The van der Waals surface area contributed by atoms with Crippen LogP contribution < -0.4 is 15.4 Å². The second-order valence-corrected chi connectivity index (χ2v) is 7.05. The summed E-state index contributed by atoms with van der Waals surface area (Å²) in [5.41, 5.74) is 1.42. The first kappa shape index (κ1) is 18.8. The molecule has 2 aromatic rings. The third-order valence-electron chi connectivity index (χ3n) is 3.43. The molecule has 134 valence electrons. The zero-order valence-electron chi connectivity index (χ0n) is 15.1. The maximum Gasteiger partial charge on any atom is 0.242 e. The summed E-state index contributed by atoms with van der Waals surface area (Å²) < 4.78 is 18.6. The van der Waals surface area contributed by atoms with Crippen molar-refractivity contribution in [3.63, 3.8) is 0 Å². The maximum absolute atomic E-state index is 12.9. The number of amides is 1. The predicted octanol–water partition coefficient (Wildman–Crippen LogP) is 4.12. The molecule has 0 aliphatic carbocycles. The molecule has 0 saturated heterocycles. The lowest BCUT2D eigenvalue weighted by Crippen LogP contribution is -2.47. The third-order valence-corrected chi connectivity index (χ3v) is 3.43. The summed E-state index contributed by atoms with van der Waals surface area (Å²) in [4.78, 5) is 12.2. The van der Waals surface area contributed by atoms with Crippen LogP contribution in [0.25, 0.3) is 0 Å². The molecule has 0 aliphatic heterocycles. The highest BCUT2D eigenvalue weighted by Crippen LogP contribution is 2.19. The number of benzene rings is 2. The first-order chi connectivity index (χ1) is 11.7. The molecule has 0 bridgehead atoms. The Morgan fingerprint density at radius 2 is 1.84 bits per heavy atom. The van der Waals surface area contributed by atoms with Crippen molar-refractivity contribution in [2.75, 3.05) is 5.32 Å². The average Bonchev–Trinajstić information content (AvgIpc) is 2.53. The molecule has 0 saturated carbocycles. The van der Waals surface area contributed by atoms with E-state index in [-0.39, 0.29) is 23.3 Å². The molecule has 0 radical (unpaired) electrons. The first-order valence-electron chi connectivity index (χ1n) is 8.29. The van der Waals surface area contributed by atoms with Gasteiger partial charge in [0.2, 0.25) is 5.91 Å². The van der Waals surface area contributed by atoms with Crippen molar-refractivity contribution >= 4 is 11.6 Å². The average molecular weight is 344 g/mol. The van der Waals surface area contributed by atoms with Gasteiger partial charge in [-0.2, -0.15) is 0 Å². The molecule has 1 amide bonds. The second kappa shape index (κ2) is 8.01. The Morgan fingerprint density at radius 1 is 1.16 bits per heavy atom. The lowest BCUT2D eigenvalue weighted by atomic mass is 10.1. The van der Waals surface area contributed by atoms with Gasteiger partial charge < -0.3 is 15.4 Å². The molecule has 0 fully saturated rings. The summed E-state index contributed by atoms with van der Waals surface area (Å²) in [6, 6.07) is 13.2. The number of carbonyl (C=O) groups is 1. The predicted molar refractivity (Wildman–Crippen MR) is 98.2 cm³/mol. The number of rotatable bonds is 6. The molecule has 2 aromatic carbocycles. The van der Waals surface area contributed by atoms with Gasteiger partial charge in [0.15, 0.2) is 0 Å². The Bertz CT molecular complexity index is 708. The minimum absolute atomic E-state index is 0.0647. The van der Waals surface area contributed by atoms with Crippen LogP contribution in [0.15, 0.2) is 48.5 Å². The Morgan fingerprint density at radius 3 is 2.48 bits per heavy atom. The van der Waals surface area contributed by atoms with Crippen LogP contribution in [0.1, 0.15) is 33.3 Å². The molecule has 2 N–H and O–H groups in total. The van der Waals surface area contributed by atoms with E-state index in [0.717, 1.165) is 11.3 Å². The zero-order chi connectivity index (χ0) is 18.4. The molecule has 0 aliphatic rings. The molecule has 0 aromatic heterocycles. The molecule has 0 heterocycles. The van der Waals surface area contributed by atoms with Crippen LogP contribution >= 0.6 is 0 Å². The van der Waals surface area contributed by atoms with Crippen molar-refractivity contribution in [2.45, 2.75) is 45.9 Å². The van der Waals surface area contributed by atoms with Crippen molar-refractivity contribution in [3.8, 4) is 5.75 Å². The minimum Gasteiger partial charge on any atom is -0.489 e. The number of anilines is 1. The molecule has 5 heteroatoms. The molecular weight excluding hydrogens is 319 g/mol. The van der Waals surface area contributed by atoms with E-state index in [1.807, 2.05) is 52.0 Å². The maximum atomic E-state index is 12.9. The largest absolute Gasteiger partial charge is 0.489 e. The molecular formula is C20H25FN2O2. The Hall–Kier alpha value is -2.56. The van der Waals surface area contributed by atoms with Gasteiger partial charge in [-0.1, -0.05) is 18.2 Å². The summed E-state index contributed by atoms with van der Waals surface area (Å²) in [7, 11) is 0. The summed E-state index contributed by atoms with van der Waals surface area (Å²) in [5, 5.41) is 6.11. The summed E-state index contributed by atoms with van der Waals surface area (Å²) in [5.74, 6) is 0.348. The van der Waals surface area contributed by atoms with Crippen LogP contribution in [-0.2, 0) is 11.4 Å². The third kappa shape index (κ3) is 6.45. The number of nitrogens with one attached hydrogen (secondary N) is 2. The Labute approximate surface area is 148 Å². The second-order valence-electron chi connectivity index (χ2n) is 7.05. The molecule has 0 spiro atoms. The van der Waals surface area contributed by atoms with Crippen molar-refractivity contribution in [3.05, 3.63) is 59.9 Å².